The lowest BCUT2D eigenvalue weighted by atomic mass is 10.1. The van der Waals surface area contributed by atoms with E-state index in [0.717, 1.165) is 13.0 Å². The minimum atomic E-state index is -2.96. The molecule has 0 aromatic rings. The maximum Gasteiger partial charge on any atom is 0.237 e. The second-order valence-electron chi connectivity index (χ2n) is 5.02. The molecule has 1 aliphatic rings. The third-order valence-corrected chi connectivity index (χ3v) is 5.71. The Balaban J connectivity index is 2.45. The lowest BCUT2D eigenvalue weighted by Gasteiger charge is -2.34. The highest BCUT2D eigenvalue weighted by Gasteiger charge is 2.27. The van der Waals surface area contributed by atoms with Gasteiger partial charge in [0.1, 0.15) is 0 Å². The summed E-state index contributed by atoms with van der Waals surface area (Å²) >= 11 is 0. The van der Waals surface area contributed by atoms with E-state index in [0.29, 0.717) is 19.5 Å². The number of hydrogen-bond acceptors (Lipinski definition) is 4. The SMILES string of the molecule is CC[C@H]1C(=O)NCCN1CCCS(=O)(=O)C(C)C. The Kier molecular flexibility index (Phi) is 5.59. The van der Waals surface area contributed by atoms with Gasteiger partial charge in [-0.3, -0.25) is 9.69 Å². The molecular weight excluding hydrogens is 252 g/mol. The summed E-state index contributed by atoms with van der Waals surface area (Å²) in [5, 5.41) is 2.52. The normalized spacial score (nSPS) is 22.2. The summed E-state index contributed by atoms with van der Waals surface area (Å²) in [4.78, 5) is 13.7. The summed E-state index contributed by atoms with van der Waals surface area (Å²) in [5.41, 5.74) is 0. The van der Waals surface area contributed by atoms with E-state index in [1.165, 1.54) is 0 Å². The van der Waals surface area contributed by atoms with E-state index in [1.807, 2.05) is 6.92 Å². The van der Waals surface area contributed by atoms with Crippen LogP contribution in [0.1, 0.15) is 33.6 Å². The fourth-order valence-electron chi connectivity index (χ4n) is 2.18. The number of hydrogen-bond donors (Lipinski definition) is 1. The van der Waals surface area contributed by atoms with Crippen molar-refractivity contribution in [3.05, 3.63) is 0 Å². The molecule has 1 rings (SSSR count). The van der Waals surface area contributed by atoms with Gasteiger partial charge in [-0.05, 0) is 33.2 Å². The van der Waals surface area contributed by atoms with Gasteiger partial charge < -0.3 is 5.32 Å². The van der Waals surface area contributed by atoms with Crippen molar-refractivity contribution in [1.29, 1.82) is 0 Å². The molecule has 1 aliphatic heterocycles. The first-order valence-electron chi connectivity index (χ1n) is 6.61. The summed E-state index contributed by atoms with van der Waals surface area (Å²) in [7, 11) is -2.96. The van der Waals surface area contributed by atoms with Crippen molar-refractivity contribution in [2.45, 2.75) is 44.9 Å². The smallest absolute Gasteiger partial charge is 0.237 e. The fourth-order valence-corrected chi connectivity index (χ4v) is 3.18. The lowest BCUT2D eigenvalue weighted by Crippen LogP contribution is -2.55. The van der Waals surface area contributed by atoms with Gasteiger partial charge in [0, 0.05) is 13.1 Å². The third-order valence-electron chi connectivity index (χ3n) is 3.42. The minimum Gasteiger partial charge on any atom is -0.353 e. The van der Waals surface area contributed by atoms with Crippen molar-refractivity contribution in [1.82, 2.24) is 10.2 Å². The molecule has 0 saturated carbocycles. The number of nitrogens with zero attached hydrogens (tertiary/aromatic N) is 1. The molecule has 106 valence electrons. The molecule has 1 atom stereocenters. The first kappa shape index (κ1) is 15.4. The van der Waals surface area contributed by atoms with Crippen LogP contribution in [0, 0.1) is 0 Å². The first-order chi connectivity index (χ1) is 8.38. The quantitative estimate of drug-likeness (QED) is 0.763. The number of carbonyl (C=O) groups excluding carboxylic acids is 1. The molecule has 1 saturated heterocycles. The molecular formula is C12H24N2O3S. The van der Waals surface area contributed by atoms with Gasteiger partial charge in [0.2, 0.25) is 5.91 Å². The molecule has 1 N–H and O–H groups in total. The molecule has 0 unspecified atom stereocenters. The Morgan fingerprint density at radius 3 is 2.67 bits per heavy atom. The van der Waals surface area contributed by atoms with Crippen LogP contribution in [0.5, 0.6) is 0 Å². The fraction of sp³-hybridized carbons (Fsp3) is 0.917. The van der Waals surface area contributed by atoms with Crippen LogP contribution in [0.25, 0.3) is 0 Å². The van der Waals surface area contributed by atoms with Crippen LogP contribution in [0.15, 0.2) is 0 Å². The Labute approximate surface area is 110 Å². The van der Waals surface area contributed by atoms with Crippen molar-refractivity contribution in [2.24, 2.45) is 0 Å². The standard InChI is InChI=1S/C12H24N2O3S/c1-4-11-12(15)13-6-8-14(11)7-5-9-18(16,17)10(2)3/h10-11H,4-9H2,1-3H3,(H,13,15)/t11-/m0/s1. The maximum atomic E-state index is 11.7. The Bertz CT molecular complexity index is 379. The molecule has 1 fully saturated rings. The second-order valence-corrected chi connectivity index (χ2v) is 7.70. The van der Waals surface area contributed by atoms with Crippen molar-refractivity contribution in [2.75, 3.05) is 25.4 Å². The van der Waals surface area contributed by atoms with Gasteiger partial charge in [0.15, 0.2) is 9.84 Å². The molecule has 0 aromatic carbocycles. The summed E-state index contributed by atoms with van der Waals surface area (Å²) in [6.45, 7) is 7.54. The highest BCUT2D eigenvalue weighted by atomic mass is 32.2. The van der Waals surface area contributed by atoms with Gasteiger partial charge in [-0.25, -0.2) is 8.42 Å². The monoisotopic (exact) mass is 276 g/mol. The summed E-state index contributed by atoms with van der Waals surface area (Å²) in [6.07, 6.45) is 1.37. The summed E-state index contributed by atoms with van der Waals surface area (Å²) in [6, 6.07) is -0.0968. The van der Waals surface area contributed by atoms with Crippen LogP contribution >= 0.6 is 0 Å². The molecule has 5 nitrogen and oxygen atoms in total. The molecule has 1 heterocycles. The molecule has 0 aromatic heterocycles. The Morgan fingerprint density at radius 1 is 1.44 bits per heavy atom. The van der Waals surface area contributed by atoms with E-state index in [1.54, 1.807) is 13.8 Å². The highest BCUT2D eigenvalue weighted by Crippen LogP contribution is 2.10. The molecule has 0 radical (unpaired) electrons. The van der Waals surface area contributed by atoms with Crippen LogP contribution in [-0.4, -0.2) is 55.9 Å². The number of carbonyl (C=O) groups is 1. The van der Waals surface area contributed by atoms with Gasteiger partial charge in [-0.2, -0.15) is 0 Å². The van der Waals surface area contributed by atoms with Gasteiger partial charge in [0.25, 0.3) is 0 Å². The summed E-state index contributed by atoms with van der Waals surface area (Å²) < 4.78 is 23.4. The number of amides is 1. The van der Waals surface area contributed by atoms with E-state index in [9.17, 15) is 13.2 Å². The third kappa shape index (κ3) is 3.95. The minimum absolute atomic E-state index is 0.0652. The maximum absolute atomic E-state index is 11.7. The van der Waals surface area contributed by atoms with Crippen LogP contribution in [-0.2, 0) is 14.6 Å². The second kappa shape index (κ2) is 6.52. The molecule has 18 heavy (non-hydrogen) atoms. The van der Waals surface area contributed by atoms with E-state index in [-0.39, 0.29) is 23.0 Å². The number of piperazine rings is 1. The van der Waals surface area contributed by atoms with Gasteiger partial charge in [-0.15, -0.1) is 0 Å². The molecule has 0 spiro atoms. The average Bonchev–Trinajstić information content (AvgIpc) is 2.29. The van der Waals surface area contributed by atoms with Crippen molar-refractivity contribution >= 4 is 15.7 Å². The summed E-state index contributed by atoms with van der Waals surface area (Å²) in [5.74, 6) is 0.273. The zero-order chi connectivity index (χ0) is 13.8. The van der Waals surface area contributed by atoms with E-state index in [4.69, 9.17) is 0 Å². The van der Waals surface area contributed by atoms with Gasteiger partial charge in [0.05, 0.1) is 17.0 Å². The van der Waals surface area contributed by atoms with E-state index in [2.05, 4.69) is 10.2 Å². The molecule has 0 bridgehead atoms. The largest absolute Gasteiger partial charge is 0.353 e. The van der Waals surface area contributed by atoms with Gasteiger partial charge in [-0.1, -0.05) is 6.92 Å². The van der Waals surface area contributed by atoms with Crippen molar-refractivity contribution < 1.29 is 13.2 Å². The molecule has 1 amide bonds. The molecule has 6 heteroatoms. The number of nitrogens with one attached hydrogen (secondary N) is 1. The zero-order valence-corrected chi connectivity index (χ0v) is 12.3. The van der Waals surface area contributed by atoms with Crippen LogP contribution < -0.4 is 5.32 Å². The highest BCUT2D eigenvalue weighted by molar-refractivity contribution is 7.91. The zero-order valence-electron chi connectivity index (χ0n) is 11.5. The lowest BCUT2D eigenvalue weighted by molar-refractivity contribution is -0.129. The predicted octanol–water partition coefficient (Wildman–Crippen LogP) is 0.410. The Morgan fingerprint density at radius 2 is 2.11 bits per heavy atom. The van der Waals surface area contributed by atoms with E-state index < -0.39 is 9.84 Å². The van der Waals surface area contributed by atoms with Crippen LogP contribution in [0.4, 0.5) is 0 Å². The van der Waals surface area contributed by atoms with Crippen LogP contribution in [0.3, 0.4) is 0 Å². The topological polar surface area (TPSA) is 66.5 Å². The van der Waals surface area contributed by atoms with Crippen molar-refractivity contribution in [3.8, 4) is 0 Å². The number of sulfone groups is 1. The number of rotatable bonds is 6. The molecule has 0 aliphatic carbocycles. The van der Waals surface area contributed by atoms with E-state index >= 15 is 0 Å². The van der Waals surface area contributed by atoms with Crippen molar-refractivity contribution in [3.63, 3.8) is 0 Å². The van der Waals surface area contributed by atoms with Gasteiger partial charge >= 0.3 is 0 Å². The predicted molar refractivity (Wildman–Crippen MR) is 72.2 cm³/mol. The first-order valence-corrected chi connectivity index (χ1v) is 8.33. The van der Waals surface area contributed by atoms with Crippen LogP contribution in [0.2, 0.25) is 0 Å². The Hall–Kier alpha value is -0.620. The average molecular weight is 276 g/mol.